The highest BCUT2D eigenvalue weighted by atomic mass is 16.5. The Morgan fingerprint density at radius 1 is 1.15 bits per heavy atom. The van der Waals surface area contributed by atoms with Gasteiger partial charge in [0, 0.05) is 13.1 Å². The molecule has 6 heteroatoms. The molecule has 0 bridgehead atoms. The molecule has 0 atom stereocenters. The van der Waals surface area contributed by atoms with E-state index in [9.17, 15) is 4.79 Å². The van der Waals surface area contributed by atoms with Gasteiger partial charge in [0.25, 0.3) is 5.91 Å². The summed E-state index contributed by atoms with van der Waals surface area (Å²) >= 11 is 0. The van der Waals surface area contributed by atoms with Gasteiger partial charge in [0.2, 0.25) is 5.89 Å². The molecule has 2 aromatic rings. The number of benzene rings is 1. The van der Waals surface area contributed by atoms with E-state index in [0.717, 1.165) is 31.5 Å². The first-order valence-electron chi connectivity index (χ1n) is 9.18. The number of ether oxygens (including phenoxy) is 2. The summed E-state index contributed by atoms with van der Waals surface area (Å²) in [5.41, 5.74) is 1.44. The van der Waals surface area contributed by atoms with Crippen LogP contribution in [0, 0.1) is 6.92 Å². The molecule has 1 aromatic heterocycles. The molecule has 0 spiro atoms. The summed E-state index contributed by atoms with van der Waals surface area (Å²) in [5, 5.41) is 0. The molecule has 0 unspecified atom stereocenters. The minimum Gasteiger partial charge on any atom is -0.493 e. The fourth-order valence-corrected chi connectivity index (χ4v) is 3.12. The van der Waals surface area contributed by atoms with Gasteiger partial charge in [-0.1, -0.05) is 25.3 Å². The smallest absolute Gasteiger partial charge is 0.275 e. The number of carbonyl (C=O) groups excluding carboxylic acids is 1. The van der Waals surface area contributed by atoms with Gasteiger partial charge < -0.3 is 18.8 Å². The Labute approximate surface area is 154 Å². The molecule has 1 aliphatic rings. The standard InChI is InChI=1S/C20H26N2O4/c1-15-8-9-17(18(12-15)24-2)25-14-19-21-16(13-26-19)20(23)22-10-6-4-3-5-7-11-22/h8-9,12-13H,3-7,10-11,14H2,1-2H3. The van der Waals surface area contributed by atoms with Crippen molar-refractivity contribution in [2.75, 3.05) is 20.2 Å². The average molecular weight is 358 g/mol. The van der Waals surface area contributed by atoms with E-state index in [4.69, 9.17) is 13.9 Å². The van der Waals surface area contributed by atoms with Crippen molar-refractivity contribution in [2.45, 2.75) is 45.6 Å². The summed E-state index contributed by atoms with van der Waals surface area (Å²) in [7, 11) is 1.60. The van der Waals surface area contributed by atoms with Crippen LogP contribution in [-0.2, 0) is 6.61 Å². The van der Waals surface area contributed by atoms with Crippen molar-refractivity contribution >= 4 is 5.91 Å². The molecule has 0 saturated carbocycles. The van der Waals surface area contributed by atoms with Crippen molar-refractivity contribution in [3.63, 3.8) is 0 Å². The quantitative estimate of drug-likeness (QED) is 0.809. The summed E-state index contributed by atoms with van der Waals surface area (Å²) in [6.45, 7) is 3.71. The van der Waals surface area contributed by atoms with Gasteiger partial charge in [-0.05, 0) is 37.5 Å². The fraction of sp³-hybridized carbons (Fsp3) is 0.500. The minimum atomic E-state index is -0.0604. The maximum absolute atomic E-state index is 12.6. The third-order valence-electron chi connectivity index (χ3n) is 4.58. The number of likely N-dealkylation sites (tertiary alicyclic amines) is 1. The van der Waals surface area contributed by atoms with Gasteiger partial charge in [-0.15, -0.1) is 0 Å². The lowest BCUT2D eigenvalue weighted by atomic mass is 10.1. The van der Waals surface area contributed by atoms with E-state index in [1.807, 2.05) is 30.0 Å². The zero-order valence-corrected chi connectivity index (χ0v) is 15.5. The molecule has 140 valence electrons. The van der Waals surface area contributed by atoms with E-state index in [1.165, 1.54) is 25.5 Å². The van der Waals surface area contributed by atoms with Crippen molar-refractivity contribution in [1.82, 2.24) is 9.88 Å². The molecule has 0 radical (unpaired) electrons. The van der Waals surface area contributed by atoms with Crippen LogP contribution in [0.4, 0.5) is 0 Å². The zero-order chi connectivity index (χ0) is 18.4. The number of amides is 1. The molecule has 0 aliphatic carbocycles. The maximum atomic E-state index is 12.6. The van der Waals surface area contributed by atoms with E-state index >= 15 is 0 Å². The van der Waals surface area contributed by atoms with Crippen molar-refractivity contribution in [2.24, 2.45) is 0 Å². The molecule has 1 saturated heterocycles. The van der Waals surface area contributed by atoms with Crippen LogP contribution in [-0.4, -0.2) is 36.0 Å². The van der Waals surface area contributed by atoms with Gasteiger partial charge in [0.15, 0.2) is 23.8 Å². The molecule has 1 aromatic carbocycles. The first-order chi connectivity index (χ1) is 12.7. The lowest BCUT2D eigenvalue weighted by Crippen LogP contribution is -2.34. The predicted octanol–water partition coefficient (Wildman–Crippen LogP) is 3.98. The molecule has 3 rings (SSSR count). The molecule has 2 heterocycles. The van der Waals surface area contributed by atoms with E-state index in [1.54, 1.807) is 7.11 Å². The van der Waals surface area contributed by atoms with Gasteiger partial charge >= 0.3 is 0 Å². The molecule has 6 nitrogen and oxygen atoms in total. The van der Waals surface area contributed by atoms with Crippen molar-refractivity contribution in [3.05, 3.63) is 41.6 Å². The zero-order valence-electron chi connectivity index (χ0n) is 15.5. The molecular weight excluding hydrogens is 332 g/mol. The van der Waals surface area contributed by atoms with Crippen LogP contribution in [0.1, 0.15) is 54.0 Å². The van der Waals surface area contributed by atoms with Gasteiger partial charge in [-0.25, -0.2) is 4.98 Å². The van der Waals surface area contributed by atoms with E-state index < -0.39 is 0 Å². The third kappa shape index (κ3) is 4.56. The Balaban J connectivity index is 1.61. The monoisotopic (exact) mass is 358 g/mol. The van der Waals surface area contributed by atoms with Crippen LogP contribution in [0.15, 0.2) is 28.9 Å². The van der Waals surface area contributed by atoms with E-state index in [2.05, 4.69) is 4.98 Å². The number of hydrogen-bond acceptors (Lipinski definition) is 5. The number of hydrogen-bond donors (Lipinski definition) is 0. The summed E-state index contributed by atoms with van der Waals surface area (Å²) in [4.78, 5) is 18.8. The Kier molecular flexibility index (Phi) is 6.15. The first kappa shape index (κ1) is 18.3. The van der Waals surface area contributed by atoms with Crippen LogP contribution in [0.3, 0.4) is 0 Å². The second kappa shape index (κ2) is 8.74. The molecular formula is C20H26N2O4. The van der Waals surface area contributed by atoms with Gasteiger partial charge in [-0.3, -0.25) is 4.79 Å². The largest absolute Gasteiger partial charge is 0.493 e. The van der Waals surface area contributed by atoms with Gasteiger partial charge in [0.1, 0.15) is 6.26 Å². The summed E-state index contributed by atoms with van der Waals surface area (Å²) in [6, 6.07) is 5.70. The normalized spacial score (nSPS) is 15.2. The topological polar surface area (TPSA) is 64.8 Å². The second-order valence-corrected chi connectivity index (χ2v) is 6.63. The summed E-state index contributed by atoms with van der Waals surface area (Å²) in [5.74, 6) is 1.60. The molecule has 0 N–H and O–H groups in total. The highest BCUT2D eigenvalue weighted by molar-refractivity contribution is 5.92. The first-order valence-corrected chi connectivity index (χ1v) is 9.18. The molecule has 1 amide bonds. The minimum absolute atomic E-state index is 0.0604. The summed E-state index contributed by atoms with van der Waals surface area (Å²) < 4.78 is 16.5. The highest BCUT2D eigenvalue weighted by Crippen LogP contribution is 2.28. The van der Waals surface area contributed by atoms with E-state index in [0.29, 0.717) is 23.1 Å². The number of aromatic nitrogens is 1. The van der Waals surface area contributed by atoms with Crippen molar-refractivity contribution in [1.29, 1.82) is 0 Å². The number of rotatable bonds is 5. The molecule has 1 fully saturated rings. The average Bonchev–Trinajstić information content (AvgIpc) is 3.09. The van der Waals surface area contributed by atoms with E-state index in [-0.39, 0.29) is 12.5 Å². The number of carbonyl (C=O) groups is 1. The molecule has 26 heavy (non-hydrogen) atoms. The number of aryl methyl sites for hydroxylation is 1. The highest BCUT2D eigenvalue weighted by Gasteiger charge is 2.20. The van der Waals surface area contributed by atoms with Crippen LogP contribution >= 0.6 is 0 Å². The van der Waals surface area contributed by atoms with Crippen molar-refractivity contribution < 1.29 is 18.7 Å². The van der Waals surface area contributed by atoms with Crippen molar-refractivity contribution in [3.8, 4) is 11.5 Å². The van der Waals surface area contributed by atoms with Crippen LogP contribution in [0.5, 0.6) is 11.5 Å². The number of methoxy groups -OCH3 is 1. The molecule has 1 aliphatic heterocycles. The second-order valence-electron chi connectivity index (χ2n) is 6.63. The summed E-state index contributed by atoms with van der Waals surface area (Å²) in [6.07, 6.45) is 7.14. The SMILES string of the molecule is COc1cc(C)ccc1OCc1nc(C(=O)N2CCCCCCC2)co1. The maximum Gasteiger partial charge on any atom is 0.275 e. The Hall–Kier alpha value is -2.50. The van der Waals surface area contributed by atoms with Gasteiger partial charge in [0.05, 0.1) is 7.11 Å². The van der Waals surface area contributed by atoms with Gasteiger partial charge in [-0.2, -0.15) is 0 Å². The lowest BCUT2D eigenvalue weighted by Gasteiger charge is -2.23. The third-order valence-corrected chi connectivity index (χ3v) is 4.58. The fourth-order valence-electron chi connectivity index (χ4n) is 3.12. The number of oxazole rings is 1. The Bertz CT molecular complexity index is 733. The Morgan fingerprint density at radius 2 is 1.88 bits per heavy atom. The van der Waals surface area contributed by atoms with Crippen LogP contribution < -0.4 is 9.47 Å². The lowest BCUT2D eigenvalue weighted by molar-refractivity contribution is 0.0736. The van der Waals surface area contributed by atoms with Crippen LogP contribution in [0.2, 0.25) is 0 Å². The van der Waals surface area contributed by atoms with Crippen LogP contribution in [0.25, 0.3) is 0 Å². The predicted molar refractivity (Wildman–Crippen MR) is 97.6 cm³/mol. The number of nitrogens with zero attached hydrogens (tertiary/aromatic N) is 2. The Morgan fingerprint density at radius 3 is 2.62 bits per heavy atom.